The number of nitrogens with one attached hydrogen (secondary N) is 1. The topological polar surface area (TPSA) is 44.8 Å². The molecule has 1 spiro atoms. The van der Waals surface area contributed by atoms with Gasteiger partial charge >= 0.3 is 0 Å². The highest BCUT2D eigenvalue weighted by Crippen LogP contribution is 2.41. The van der Waals surface area contributed by atoms with E-state index in [2.05, 4.69) is 36.1 Å². The predicted octanol–water partition coefficient (Wildman–Crippen LogP) is 0.555. The average Bonchev–Trinajstić information content (AvgIpc) is 2.75. The number of nitrogens with zero attached hydrogens (tertiary/aromatic N) is 2. The highest BCUT2D eigenvalue weighted by molar-refractivity contribution is 5.78. The highest BCUT2D eigenvalue weighted by Gasteiger charge is 2.48. The molecule has 0 aromatic carbocycles. The Kier molecular flexibility index (Phi) is 5.41. The third-order valence-corrected chi connectivity index (χ3v) is 4.73. The Labute approximate surface area is 122 Å². The third kappa shape index (κ3) is 3.51. The number of likely N-dealkylation sites (tertiary alicyclic amines) is 1. The van der Waals surface area contributed by atoms with Crippen molar-refractivity contribution >= 4 is 5.91 Å². The molecule has 1 atom stereocenters. The van der Waals surface area contributed by atoms with E-state index in [1.165, 1.54) is 0 Å². The van der Waals surface area contributed by atoms with Crippen molar-refractivity contribution in [3.8, 4) is 0 Å². The fourth-order valence-corrected chi connectivity index (χ4v) is 3.68. The van der Waals surface area contributed by atoms with Crippen LogP contribution in [0.1, 0.15) is 26.2 Å². The molecule has 0 bridgehead atoms. The molecule has 0 saturated carbocycles. The van der Waals surface area contributed by atoms with Crippen molar-refractivity contribution in [2.75, 3.05) is 53.5 Å². The van der Waals surface area contributed by atoms with Crippen molar-refractivity contribution in [2.45, 2.75) is 32.2 Å². The molecule has 0 aliphatic carbocycles. The average molecular weight is 283 g/mol. The molecule has 116 valence electrons. The molecule has 1 unspecified atom stereocenters. The lowest BCUT2D eigenvalue weighted by molar-refractivity contribution is -0.122. The van der Waals surface area contributed by atoms with Gasteiger partial charge in [0.1, 0.15) is 0 Å². The lowest BCUT2D eigenvalue weighted by Gasteiger charge is -2.40. The molecule has 5 nitrogen and oxygen atoms in total. The van der Waals surface area contributed by atoms with E-state index in [-0.39, 0.29) is 5.91 Å². The number of carbonyl (C=O) groups excluding carboxylic acids is 1. The second kappa shape index (κ2) is 6.87. The minimum atomic E-state index is 0.161. The summed E-state index contributed by atoms with van der Waals surface area (Å²) in [6.07, 6.45) is 3.22. The first-order valence-corrected chi connectivity index (χ1v) is 7.80. The summed E-state index contributed by atoms with van der Waals surface area (Å²) in [5.41, 5.74) is 0.312. The smallest absolute Gasteiger partial charge is 0.234 e. The Morgan fingerprint density at radius 2 is 2.10 bits per heavy atom. The van der Waals surface area contributed by atoms with Crippen LogP contribution >= 0.6 is 0 Å². The van der Waals surface area contributed by atoms with Crippen molar-refractivity contribution in [3.63, 3.8) is 0 Å². The first kappa shape index (κ1) is 15.7. The summed E-state index contributed by atoms with van der Waals surface area (Å²) in [7, 11) is 4.31. The molecule has 2 rings (SSSR count). The van der Waals surface area contributed by atoms with Crippen LogP contribution in [0, 0.1) is 5.41 Å². The quantitative estimate of drug-likeness (QED) is 0.800. The van der Waals surface area contributed by atoms with Crippen LogP contribution in [0.4, 0.5) is 0 Å². The maximum absolute atomic E-state index is 11.9. The summed E-state index contributed by atoms with van der Waals surface area (Å²) in [4.78, 5) is 16.6. The number of amides is 1. The van der Waals surface area contributed by atoms with Gasteiger partial charge in [0.2, 0.25) is 5.91 Å². The Hall–Kier alpha value is -0.650. The van der Waals surface area contributed by atoms with Crippen LogP contribution in [0.2, 0.25) is 0 Å². The van der Waals surface area contributed by atoms with Crippen LogP contribution in [-0.4, -0.2) is 75.2 Å². The van der Waals surface area contributed by atoms with Gasteiger partial charge in [-0.25, -0.2) is 0 Å². The summed E-state index contributed by atoms with van der Waals surface area (Å²) >= 11 is 0. The molecule has 2 heterocycles. The van der Waals surface area contributed by atoms with Gasteiger partial charge in [-0.15, -0.1) is 0 Å². The van der Waals surface area contributed by atoms with Crippen LogP contribution in [0.5, 0.6) is 0 Å². The lowest BCUT2D eigenvalue weighted by atomic mass is 9.75. The Balaban J connectivity index is 1.95. The minimum Gasteiger partial charge on any atom is -0.381 e. The van der Waals surface area contributed by atoms with E-state index in [0.29, 0.717) is 18.0 Å². The van der Waals surface area contributed by atoms with Gasteiger partial charge in [0.25, 0.3) is 0 Å². The molecule has 2 aliphatic heterocycles. The molecule has 0 radical (unpaired) electrons. The van der Waals surface area contributed by atoms with Crippen molar-refractivity contribution in [1.82, 2.24) is 15.1 Å². The molecule has 20 heavy (non-hydrogen) atoms. The van der Waals surface area contributed by atoms with E-state index in [9.17, 15) is 4.79 Å². The van der Waals surface area contributed by atoms with Gasteiger partial charge in [-0.1, -0.05) is 6.92 Å². The van der Waals surface area contributed by atoms with Crippen molar-refractivity contribution < 1.29 is 9.53 Å². The third-order valence-electron chi connectivity index (χ3n) is 4.73. The Morgan fingerprint density at radius 3 is 2.70 bits per heavy atom. The molecular formula is C15H29N3O2. The maximum atomic E-state index is 11.9. The summed E-state index contributed by atoms with van der Waals surface area (Å²) in [5.74, 6) is 0.161. The highest BCUT2D eigenvalue weighted by atomic mass is 16.5. The summed E-state index contributed by atoms with van der Waals surface area (Å²) in [6, 6.07) is 0.533. The van der Waals surface area contributed by atoms with E-state index < -0.39 is 0 Å². The molecule has 2 aliphatic rings. The standard InChI is InChI=1S/C15H29N3O2/c1-4-7-16-14(19)11-18-10-13(17(2)3)15(12-18)5-8-20-9-6-15/h13H,4-12H2,1-3H3,(H,16,19). The van der Waals surface area contributed by atoms with Gasteiger partial charge in [0.15, 0.2) is 0 Å². The molecule has 1 N–H and O–H groups in total. The van der Waals surface area contributed by atoms with Gasteiger partial charge in [0, 0.05) is 44.3 Å². The SMILES string of the molecule is CCCNC(=O)CN1CC(N(C)C)C2(CCOCC2)C1. The second-order valence-corrected chi connectivity index (χ2v) is 6.47. The van der Waals surface area contributed by atoms with Crippen LogP contribution < -0.4 is 5.32 Å². The molecular weight excluding hydrogens is 254 g/mol. The monoisotopic (exact) mass is 283 g/mol. The van der Waals surface area contributed by atoms with E-state index in [4.69, 9.17) is 4.74 Å². The number of rotatable bonds is 5. The van der Waals surface area contributed by atoms with Gasteiger partial charge in [-0.05, 0) is 33.4 Å². The second-order valence-electron chi connectivity index (χ2n) is 6.47. The molecule has 0 aromatic heterocycles. The van der Waals surface area contributed by atoms with Crippen molar-refractivity contribution in [1.29, 1.82) is 0 Å². The maximum Gasteiger partial charge on any atom is 0.234 e. The number of hydrogen-bond acceptors (Lipinski definition) is 4. The minimum absolute atomic E-state index is 0.161. The molecule has 2 saturated heterocycles. The summed E-state index contributed by atoms with van der Waals surface area (Å²) in [6.45, 7) is 7.14. The lowest BCUT2D eigenvalue weighted by Crippen LogP contribution is -2.46. The Bertz CT molecular complexity index is 327. The van der Waals surface area contributed by atoms with Crippen LogP contribution in [0.25, 0.3) is 0 Å². The van der Waals surface area contributed by atoms with Crippen LogP contribution in [0.15, 0.2) is 0 Å². The molecule has 5 heteroatoms. The fourth-order valence-electron chi connectivity index (χ4n) is 3.68. The van der Waals surface area contributed by atoms with Gasteiger partial charge < -0.3 is 15.0 Å². The van der Waals surface area contributed by atoms with Crippen molar-refractivity contribution in [2.24, 2.45) is 5.41 Å². The predicted molar refractivity (Wildman–Crippen MR) is 79.7 cm³/mol. The first-order valence-electron chi connectivity index (χ1n) is 7.80. The summed E-state index contributed by atoms with van der Waals surface area (Å²) in [5, 5.41) is 2.98. The number of carbonyl (C=O) groups is 1. The largest absolute Gasteiger partial charge is 0.381 e. The number of hydrogen-bond donors (Lipinski definition) is 1. The van der Waals surface area contributed by atoms with Crippen molar-refractivity contribution in [3.05, 3.63) is 0 Å². The first-order chi connectivity index (χ1) is 9.57. The van der Waals surface area contributed by atoms with E-state index in [1.807, 2.05) is 0 Å². The Morgan fingerprint density at radius 1 is 1.40 bits per heavy atom. The molecule has 1 amide bonds. The van der Waals surface area contributed by atoms with Gasteiger partial charge in [-0.3, -0.25) is 9.69 Å². The number of likely N-dealkylation sites (N-methyl/N-ethyl adjacent to an activating group) is 1. The van der Waals surface area contributed by atoms with E-state index in [1.54, 1.807) is 0 Å². The van der Waals surface area contributed by atoms with E-state index in [0.717, 1.165) is 52.1 Å². The summed E-state index contributed by atoms with van der Waals surface area (Å²) < 4.78 is 5.54. The van der Waals surface area contributed by atoms with E-state index >= 15 is 0 Å². The van der Waals surface area contributed by atoms with Gasteiger partial charge in [-0.2, -0.15) is 0 Å². The zero-order valence-corrected chi connectivity index (χ0v) is 13.2. The molecule has 2 fully saturated rings. The normalized spacial score (nSPS) is 26.3. The van der Waals surface area contributed by atoms with Gasteiger partial charge in [0.05, 0.1) is 6.54 Å². The van der Waals surface area contributed by atoms with Crippen LogP contribution in [0.3, 0.4) is 0 Å². The van der Waals surface area contributed by atoms with Crippen LogP contribution in [-0.2, 0) is 9.53 Å². The number of ether oxygens (including phenoxy) is 1. The zero-order valence-electron chi connectivity index (χ0n) is 13.2. The molecule has 0 aromatic rings. The zero-order chi connectivity index (χ0) is 14.6. The fraction of sp³-hybridized carbons (Fsp3) is 0.933.